The Labute approximate surface area is 141 Å². The summed E-state index contributed by atoms with van der Waals surface area (Å²) in [6.45, 7) is 6.39. The van der Waals surface area contributed by atoms with E-state index in [0.29, 0.717) is 0 Å². The number of hydrogen-bond donors (Lipinski definition) is 1. The van der Waals surface area contributed by atoms with Crippen molar-refractivity contribution in [2.24, 2.45) is 0 Å². The second-order valence-electron chi connectivity index (χ2n) is 6.88. The van der Waals surface area contributed by atoms with Gasteiger partial charge in [-0.1, -0.05) is 23.8 Å². The minimum absolute atomic E-state index is 0.0661. The summed E-state index contributed by atoms with van der Waals surface area (Å²) in [4.78, 5) is 13.0. The highest BCUT2D eigenvalue weighted by Gasteiger charge is 2.51. The number of rotatable bonds is 3. The smallest absolute Gasteiger partial charge is 0.235 e. The van der Waals surface area contributed by atoms with E-state index in [-0.39, 0.29) is 12.7 Å². The molecule has 124 valence electrons. The van der Waals surface area contributed by atoms with E-state index in [4.69, 9.17) is 9.47 Å². The number of fused-ring (bicyclic) bond motifs is 1. The van der Waals surface area contributed by atoms with E-state index in [0.717, 1.165) is 46.7 Å². The number of anilines is 1. The van der Waals surface area contributed by atoms with Crippen molar-refractivity contribution in [1.29, 1.82) is 0 Å². The summed E-state index contributed by atoms with van der Waals surface area (Å²) >= 11 is 0. The van der Waals surface area contributed by atoms with Gasteiger partial charge < -0.3 is 14.8 Å². The third-order valence-corrected chi connectivity index (χ3v) is 5.03. The number of carbonyl (C=O) groups is 1. The lowest BCUT2D eigenvalue weighted by Crippen LogP contribution is -2.28. The van der Waals surface area contributed by atoms with Gasteiger partial charge in [0.2, 0.25) is 12.7 Å². The van der Waals surface area contributed by atoms with Gasteiger partial charge in [0, 0.05) is 5.69 Å². The normalized spacial score (nSPS) is 16.8. The number of benzene rings is 2. The van der Waals surface area contributed by atoms with Crippen LogP contribution in [-0.2, 0) is 10.2 Å². The molecule has 2 aliphatic rings. The maximum absolute atomic E-state index is 13.0. The first-order valence-corrected chi connectivity index (χ1v) is 8.29. The summed E-state index contributed by atoms with van der Waals surface area (Å²) in [6.07, 6.45) is 1.73. The van der Waals surface area contributed by atoms with Crippen molar-refractivity contribution in [1.82, 2.24) is 0 Å². The Bertz CT molecular complexity index is 814. The molecule has 1 heterocycles. The molecule has 1 N–H and O–H groups in total. The average Bonchev–Trinajstić information content (AvgIpc) is 3.22. The van der Waals surface area contributed by atoms with Crippen LogP contribution in [0.5, 0.6) is 11.5 Å². The SMILES string of the molecule is Cc1cc(C)c(NC(=O)C2(c3ccc4c(c3)OCO4)CC2)c(C)c1. The molecule has 2 aromatic carbocycles. The summed E-state index contributed by atoms with van der Waals surface area (Å²) in [7, 11) is 0. The van der Waals surface area contributed by atoms with Crippen LogP contribution < -0.4 is 14.8 Å². The van der Waals surface area contributed by atoms with Crippen LogP contribution >= 0.6 is 0 Å². The van der Waals surface area contributed by atoms with Gasteiger partial charge in [0.25, 0.3) is 0 Å². The first kappa shape index (κ1) is 15.1. The third kappa shape index (κ3) is 2.33. The summed E-state index contributed by atoms with van der Waals surface area (Å²) in [5.41, 5.74) is 4.90. The monoisotopic (exact) mass is 323 g/mol. The Balaban J connectivity index is 1.63. The quantitative estimate of drug-likeness (QED) is 0.928. The highest BCUT2D eigenvalue weighted by Crippen LogP contribution is 2.51. The molecule has 0 aromatic heterocycles. The predicted octanol–water partition coefficient (Wildman–Crippen LogP) is 4.01. The Kier molecular flexibility index (Phi) is 3.30. The van der Waals surface area contributed by atoms with Crippen molar-refractivity contribution in [3.05, 3.63) is 52.6 Å². The van der Waals surface area contributed by atoms with E-state index < -0.39 is 5.41 Å². The van der Waals surface area contributed by atoms with E-state index in [1.54, 1.807) is 0 Å². The van der Waals surface area contributed by atoms with Crippen molar-refractivity contribution in [3.8, 4) is 11.5 Å². The average molecular weight is 323 g/mol. The number of ether oxygens (including phenoxy) is 2. The van der Waals surface area contributed by atoms with Crippen molar-refractivity contribution in [3.63, 3.8) is 0 Å². The molecule has 4 heteroatoms. The lowest BCUT2D eigenvalue weighted by Gasteiger charge is -2.19. The molecule has 0 radical (unpaired) electrons. The first-order valence-electron chi connectivity index (χ1n) is 8.29. The van der Waals surface area contributed by atoms with E-state index in [1.165, 1.54) is 5.56 Å². The van der Waals surface area contributed by atoms with E-state index in [9.17, 15) is 4.79 Å². The van der Waals surface area contributed by atoms with Gasteiger partial charge in [0.15, 0.2) is 11.5 Å². The molecule has 1 saturated carbocycles. The van der Waals surface area contributed by atoms with Gasteiger partial charge in [-0.15, -0.1) is 0 Å². The maximum atomic E-state index is 13.0. The number of hydrogen-bond acceptors (Lipinski definition) is 3. The van der Waals surface area contributed by atoms with Crippen LogP contribution in [0.2, 0.25) is 0 Å². The molecule has 1 amide bonds. The molecule has 1 aliphatic heterocycles. The summed E-state index contributed by atoms with van der Waals surface area (Å²) < 4.78 is 10.8. The summed E-state index contributed by atoms with van der Waals surface area (Å²) in [5.74, 6) is 1.55. The summed E-state index contributed by atoms with van der Waals surface area (Å²) in [5, 5.41) is 3.16. The second-order valence-corrected chi connectivity index (χ2v) is 6.88. The molecule has 0 spiro atoms. The van der Waals surface area contributed by atoms with Gasteiger partial charge in [-0.05, 0) is 62.4 Å². The zero-order valence-electron chi connectivity index (χ0n) is 14.2. The zero-order chi connectivity index (χ0) is 16.9. The van der Waals surface area contributed by atoms with Crippen LogP contribution in [-0.4, -0.2) is 12.7 Å². The van der Waals surface area contributed by atoms with Crippen LogP contribution in [0.3, 0.4) is 0 Å². The fourth-order valence-corrected chi connectivity index (χ4v) is 3.58. The molecule has 0 bridgehead atoms. The van der Waals surface area contributed by atoms with E-state index in [2.05, 4.69) is 24.4 Å². The molecular weight excluding hydrogens is 302 g/mol. The lowest BCUT2D eigenvalue weighted by molar-refractivity contribution is -0.118. The van der Waals surface area contributed by atoms with Gasteiger partial charge in [-0.3, -0.25) is 4.79 Å². The van der Waals surface area contributed by atoms with Crippen LogP contribution in [0.25, 0.3) is 0 Å². The molecule has 2 aromatic rings. The minimum Gasteiger partial charge on any atom is -0.454 e. The second kappa shape index (κ2) is 5.26. The first-order chi connectivity index (χ1) is 11.5. The van der Waals surface area contributed by atoms with Crippen LogP contribution in [0.1, 0.15) is 35.1 Å². The number of amides is 1. The molecule has 4 nitrogen and oxygen atoms in total. The topological polar surface area (TPSA) is 47.6 Å². The highest BCUT2D eigenvalue weighted by molar-refractivity contribution is 6.02. The molecule has 1 fully saturated rings. The van der Waals surface area contributed by atoms with Crippen molar-refractivity contribution >= 4 is 11.6 Å². The Morgan fingerprint density at radius 2 is 1.67 bits per heavy atom. The Morgan fingerprint density at radius 3 is 2.33 bits per heavy atom. The standard InChI is InChI=1S/C20H21NO3/c1-12-8-13(2)18(14(3)9-12)21-19(22)20(6-7-20)15-4-5-16-17(10-15)24-11-23-16/h4-5,8-10H,6-7,11H2,1-3H3,(H,21,22). The molecular formula is C20H21NO3. The number of carbonyl (C=O) groups excluding carboxylic acids is 1. The van der Waals surface area contributed by atoms with Crippen LogP contribution in [0.4, 0.5) is 5.69 Å². The van der Waals surface area contributed by atoms with Gasteiger partial charge in [0.1, 0.15) is 0 Å². The van der Waals surface area contributed by atoms with Gasteiger partial charge in [-0.25, -0.2) is 0 Å². The molecule has 1 aliphatic carbocycles. The fraction of sp³-hybridized carbons (Fsp3) is 0.350. The van der Waals surface area contributed by atoms with Gasteiger partial charge in [0.05, 0.1) is 5.41 Å². The fourth-order valence-electron chi connectivity index (χ4n) is 3.58. The zero-order valence-corrected chi connectivity index (χ0v) is 14.2. The highest BCUT2D eigenvalue weighted by atomic mass is 16.7. The third-order valence-electron chi connectivity index (χ3n) is 5.03. The molecule has 0 saturated heterocycles. The Hall–Kier alpha value is -2.49. The number of nitrogens with one attached hydrogen (secondary N) is 1. The lowest BCUT2D eigenvalue weighted by atomic mass is 9.94. The van der Waals surface area contributed by atoms with Crippen LogP contribution in [0.15, 0.2) is 30.3 Å². The van der Waals surface area contributed by atoms with E-state index >= 15 is 0 Å². The summed E-state index contributed by atoms with van der Waals surface area (Å²) in [6, 6.07) is 10.0. The van der Waals surface area contributed by atoms with Crippen molar-refractivity contribution < 1.29 is 14.3 Å². The van der Waals surface area contributed by atoms with Gasteiger partial charge in [-0.2, -0.15) is 0 Å². The maximum Gasteiger partial charge on any atom is 0.235 e. The molecule has 4 rings (SSSR count). The minimum atomic E-state index is -0.440. The number of aryl methyl sites for hydroxylation is 3. The van der Waals surface area contributed by atoms with Crippen LogP contribution in [0, 0.1) is 20.8 Å². The molecule has 0 unspecified atom stereocenters. The van der Waals surface area contributed by atoms with Gasteiger partial charge >= 0.3 is 0 Å². The molecule has 0 atom stereocenters. The van der Waals surface area contributed by atoms with Crippen molar-refractivity contribution in [2.75, 3.05) is 12.1 Å². The van der Waals surface area contributed by atoms with E-state index in [1.807, 2.05) is 32.0 Å². The van der Waals surface area contributed by atoms with Crippen molar-refractivity contribution in [2.45, 2.75) is 39.0 Å². The molecule has 24 heavy (non-hydrogen) atoms. The largest absolute Gasteiger partial charge is 0.454 e. The Morgan fingerprint density at radius 1 is 1.00 bits per heavy atom. The predicted molar refractivity (Wildman–Crippen MR) is 92.8 cm³/mol.